The van der Waals surface area contributed by atoms with Gasteiger partial charge >= 0.3 is 0 Å². The lowest BCUT2D eigenvalue weighted by molar-refractivity contribution is 0.173. The van der Waals surface area contributed by atoms with Crippen LogP contribution in [0.15, 0.2) is 18.2 Å². The Morgan fingerprint density at radius 3 is 2.71 bits per heavy atom. The molecule has 108 valence electrons. The summed E-state index contributed by atoms with van der Waals surface area (Å²) >= 11 is 0. The quantitative estimate of drug-likeness (QED) is 0.740. The number of fused-ring (bicyclic) bond motifs is 5. The van der Waals surface area contributed by atoms with Crippen molar-refractivity contribution < 1.29 is 14.2 Å². The van der Waals surface area contributed by atoms with Gasteiger partial charge in [0.15, 0.2) is 11.5 Å². The van der Waals surface area contributed by atoms with Crippen LogP contribution in [-0.2, 0) is 0 Å². The third kappa shape index (κ3) is 1.62. The fourth-order valence-electron chi connectivity index (χ4n) is 3.08. The zero-order valence-corrected chi connectivity index (χ0v) is 12.4. The summed E-state index contributed by atoms with van der Waals surface area (Å²) < 4.78 is 17.0. The van der Waals surface area contributed by atoms with E-state index in [2.05, 4.69) is 31.0 Å². The molecular weight excluding hydrogens is 266 g/mol. The van der Waals surface area contributed by atoms with Crippen molar-refractivity contribution in [1.82, 2.24) is 4.98 Å². The fraction of sp³-hybridized carbons (Fsp3) is 0.294. The van der Waals surface area contributed by atoms with Crippen molar-refractivity contribution in [2.75, 3.05) is 20.3 Å². The number of hydrogen-bond acceptors (Lipinski definition) is 3. The largest absolute Gasteiger partial charge is 0.495 e. The van der Waals surface area contributed by atoms with E-state index in [-0.39, 0.29) is 0 Å². The van der Waals surface area contributed by atoms with E-state index < -0.39 is 0 Å². The van der Waals surface area contributed by atoms with Crippen LogP contribution in [0.25, 0.3) is 21.8 Å². The van der Waals surface area contributed by atoms with Crippen molar-refractivity contribution in [1.29, 1.82) is 0 Å². The first-order chi connectivity index (χ1) is 10.2. The number of methoxy groups -OCH3 is 1. The maximum absolute atomic E-state index is 5.81. The Bertz CT molecular complexity index is 864. The van der Waals surface area contributed by atoms with Gasteiger partial charge in [-0.3, -0.25) is 0 Å². The molecule has 0 spiro atoms. The van der Waals surface area contributed by atoms with E-state index in [4.69, 9.17) is 14.2 Å². The van der Waals surface area contributed by atoms with Crippen molar-refractivity contribution in [2.45, 2.75) is 13.8 Å². The second kappa shape index (κ2) is 4.32. The van der Waals surface area contributed by atoms with Crippen LogP contribution < -0.4 is 14.2 Å². The van der Waals surface area contributed by atoms with Crippen LogP contribution in [0.2, 0.25) is 0 Å². The van der Waals surface area contributed by atoms with Crippen molar-refractivity contribution in [3.63, 3.8) is 0 Å². The molecule has 4 heteroatoms. The predicted octanol–water partition coefficient (Wildman–Crippen LogP) is 3.72. The standard InChI is InChI=1S/C17H17NO3/c1-9-8-13(19-3)16-14(10(9)2)11-4-5-12-17(15(11)18-16)21-7-6-20-12/h4-5,8,18H,6-7H2,1-3H3. The number of rotatable bonds is 1. The molecule has 1 aliphatic rings. The zero-order chi connectivity index (χ0) is 14.6. The number of aryl methyl sites for hydroxylation is 2. The molecule has 2 aromatic carbocycles. The smallest absolute Gasteiger partial charge is 0.185 e. The molecule has 1 aromatic heterocycles. The molecule has 0 amide bonds. The van der Waals surface area contributed by atoms with Crippen LogP contribution in [0.3, 0.4) is 0 Å². The van der Waals surface area contributed by atoms with E-state index in [1.165, 1.54) is 16.5 Å². The van der Waals surface area contributed by atoms with Crippen LogP contribution in [0.1, 0.15) is 11.1 Å². The topological polar surface area (TPSA) is 43.5 Å². The Morgan fingerprint density at radius 1 is 1.10 bits per heavy atom. The van der Waals surface area contributed by atoms with Gasteiger partial charge in [0.2, 0.25) is 0 Å². The lowest BCUT2D eigenvalue weighted by Crippen LogP contribution is -2.15. The first kappa shape index (κ1) is 12.4. The van der Waals surface area contributed by atoms with Gasteiger partial charge in [-0.05, 0) is 43.2 Å². The molecule has 0 atom stereocenters. The van der Waals surface area contributed by atoms with Gasteiger partial charge in [-0.25, -0.2) is 0 Å². The molecule has 3 aromatic rings. The Balaban J connectivity index is 2.18. The molecule has 2 heterocycles. The van der Waals surface area contributed by atoms with Crippen molar-refractivity contribution in [2.24, 2.45) is 0 Å². The molecule has 0 bridgehead atoms. The lowest BCUT2D eigenvalue weighted by atomic mass is 10.0. The molecule has 0 saturated heterocycles. The lowest BCUT2D eigenvalue weighted by Gasteiger charge is -2.18. The van der Waals surface area contributed by atoms with E-state index in [0.29, 0.717) is 13.2 Å². The summed E-state index contributed by atoms with van der Waals surface area (Å²) in [5.74, 6) is 2.46. The van der Waals surface area contributed by atoms with E-state index in [1.54, 1.807) is 7.11 Å². The highest BCUT2D eigenvalue weighted by atomic mass is 16.6. The monoisotopic (exact) mass is 283 g/mol. The molecular formula is C17H17NO3. The molecule has 0 fully saturated rings. The number of benzene rings is 2. The predicted molar refractivity (Wildman–Crippen MR) is 82.8 cm³/mol. The maximum atomic E-state index is 5.81. The molecule has 0 aliphatic carbocycles. The van der Waals surface area contributed by atoms with E-state index in [0.717, 1.165) is 33.7 Å². The minimum atomic E-state index is 0.580. The molecule has 1 aliphatic heterocycles. The van der Waals surface area contributed by atoms with Crippen LogP contribution in [-0.4, -0.2) is 25.3 Å². The molecule has 0 radical (unpaired) electrons. The number of ether oxygens (including phenoxy) is 3. The zero-order valence-electron chi connectivity index (χ0n) is 12.4. The fourth-order valence-corrected chi connectivity index (χ4v) is 3.08. The van der Waals surface area contributed by atoms with Gasteiger partial charge in [-0.2, -0.15) is 0 Å². The summed E-state index contributed by atoms with van der Waals surface area (Å²) in [5.41, 5.74) is 4.47. The Kier molecular flexibility index (Phi) is 2.55. The van der Waals surface area contributed by atoms with Gasteiger partial charge in [-0.1, -0.05) is 0 Å². The third-order valence-electron chi connectivity index (χ3n) is 4.26. The van der Waals surface area contributed by atoms with Crippen LogP contribution >= 0.6 is 0 Å². The summed E-state index contributed by atoms with van der Waals surface area (Å²) in [6.45, 7) is 5.42. The third-order valence-corrected chi connectivity index (χ3v) is 4.26. The normalized spacial score (nSPS) is 13.9. The van der Waals surface area contributed by atoms with Crippen LogP contribution in [0.5, 0.6) is 17.2 Å². The number of H-pyrrole nitrogens is 1. The van der Waals surface area contributed by atoms with Gasteiger partial charge in [0.05, 0.1) is 18.1 Å². The molecule has 0 saturated carbocycles. The Hall–Kier alpha value is -2.36. The van der Waals surface area contributed by atoms with Gasteiger partial charge < -0.3 is 19.2 Å². The van der Waals surface area contributed by atoms with Crippen LogP contribution in [0.4, 0.5) is 0 Å². The molecule has 0 unspecified atom stereocenters. The summed E-state index contributed by atoms with van der Waals surface area (Å²) in [6, 6.07) is 6.14. The molecule has 1 N–H and O–H groups in total. The highest BCUT2D eigenvalue weighted by Gasteiger charge is 2.20. The van der Waals surface area contributed by atoms with Crippen LogP contribution in [0, 0.1) is 13.8 Å². The second-order valence-electron chi connectivity index (χ2n) is 5.41. The molecule has 4 rings (SSSR count). The summed E-state index contributed by atoms with van der Waals surface area (Å²) in [4.78, 5) is 3.46. The molecule has 4 nitrogen and oxygen atoms in total. The van der Waals surface area contributed by atoms with E-state index in [1.807, 2.05) is 6.07 Å². The van der Waals surface area contributed by atoms with Crippen molar-refractivity contribution >= 4 is 21.8 Å². The Labute approximate surface area is 122 Å². The summed E-state index contributed by atoms with van der Waals surface area (Å²) in [7, 11) is 1.70. The van der Waals surface area contributed by atoms with Gasteiger partial charge in [-0.15, -0.1) is 0 Å². The average molecular weight is 283 g/mol. The summed E-state index contributed by atoms with van der Waals surface area (Å²) in [6.07, 6.45) is 0. The SMILES string of the molecule is COc1cc(C)c(C)c2c1[nH]c1c3c(ccc12)OCCO3. The van der Waals surface area contributed by atoms with E-state index >= 15 is 0 Å². The van der Waals surface area contributed by atoms with Gasteiger partial charge in [0, 0.05) is 10.8 Å². The van der Waals surface area contributed by atoms with Crippen molar-refractivity contribution in [3.05, 3.63) is 29.3 Å². The van der Waals surface area contributed by atoms with E-state index in [9.17, 15) is 0 Å². The maximum Gasteiger partial charge on any atom is 0.185 e. The average Bonchev–Trinajstić information content (AvgIpc) is 2.91. The minimum Gasteiger partial charge on any atom is -0.495 e. The minimum absolute atomic E-state index is 0.580. The van der Waals surface area contributed by atoms with Gasteiger partial charge in [0.1, 0.15) is 19.0 Å². The Morgan fingerprint density at radius 2 is 1.90 bits per heavy atom. The summed E-state index contributed by atoms with van der Waals surface area (Å²) in [5, 5.41) is 2.34. The highest BCUT2D eigenvalue weighted by molar-refractivity contribution is 6.13. The van der Waals surface area contributed by atoms with Crippen molar-refractivity contribution in [3.8, 4) is 17.2 Å². The number of nitrogens with one attached hydrogen (secondary N) is 1. The molecule has 21 heavy (non-hydrogen) atoms. The number of aromatic amines is 1. The first-order valence-electron chi connectivity index (χ1n) is 7.09. The first-order valence-corrected chi connectivity index (χ1v) is 7.09. The van der Waals surface area contributed by atoms with Gasteiger partial charge in [0.25, 0.3) is 0 Å². The number of hydrogen-bond donors (Lipinski definition) is 1. The second-order valence-corrected chi connectivity index (χ2v) is 5.41. The number of aromatic nitrogens is 1. The highest BCUT2D eigenvalue weighted by Crippen LogP contribution is 2.43.